The highest BCUT2D eigenvalue weighted by atomic mass is 32.2. The van der Waals surface area contributed by atoms with Crippen molar-refractivity contribution in [3.8, 4) is 0 Å². The summed E-state index contributed by atoms with van der Waals surface area (Å²) in [5.74, 6) is -1.18. The predicted octanol–water partition coefficient (Wildman–Crippen LogP) is 2.89. The van der Waals surface area contributed by atoms with Crippen LogP contribution in [0.1, 0.15) is 12.5 Å². The molecule has 0 amide bonds. The molecule has 0 saturated heterocycles. The summed E-state index contributed by atoms with van der Waals surface area (Å²) in [6, 6.07) is 11.1. The van der Waals surface area contributed by atoms with Crippen molar-refractivity contribution in [2.75, 3.05) is 17.5 Å². The van der Waals surface area contributed by atoms with E-state index in [1.165, 1.54) is 24.3 Å². The fourth-order valence-electron chi connectivity index (χ4n) is 2.08. The maximum atomic E-state index is 13.1. The molecule has 128 valence electrons. The van der Waals surface area contributed by atoms with E-state index in [2.05, 4.69) is 0 Å². The zero-order chi connectivity index (χ0) is 17.7. The Kier molecular flexibility index (Phi) is 5.56. The first kappa shape index (κ1) is 17.9. The SMILES string of the molecule is CCOC(=O)CN(c1ccc(F)cc1)S(=O)(=O)c1ccc(C)cc1. The number of esters is 1. The smallest absolute Gasteiger partial charge is 0.326 e. The molecule has 0 aromatic heterocycles. The van der Waals surface area contributed by atoms with Crippen molar-refractivity contribution in [3.05, 3.63) is 59.9 Å². The fraction of sp³-hybridized carbons (Fsp3) is 0.235. The quantitative estimate of drug-likeness (QED) is 0.751. The van der Waals surface area contributed by atoms with Gasteiger partial charge in [0.15, 0.2) is 0 Å². The lowest BCUT2D eigenvalue weighted by Crippen LogP contribution is -2.36. The second-order valence-electron chi connectivity index (χ2n) is 5.11. The van der Waals surface area contributed by atoms with Gasteiger partial charge < -0.3 is 4.74 Å². The molecule has 0 radical (unpaired) electrons. The van der Waals surface area contributed by atoms with Gasteiger partial charge in [-0.15, -0.1) is 0 Å². The van der Waals surface area contributed by atoms with Crippen molar-refractivity contribution in [1.29, 1.82) is 0 Å². The number of aryl methyl sites for hydroxylation is 1. The summed E-state index contributed by atoms with van der Waals surface area (Å²) in [5, 5.41) is 0. The number of hydrogen-bond donors (Lipinski definition) is 0. The van der Waals surface area contributed by atoms with Gasteiger partial charge in [0.1, 0.15) is 12.4 Å². The first-order chi connectivity index (χ1) is 11.3. The van der Waals surface area contributed by atoms with Crippen LogP contribution in [-0.2, 0) is 19.6 Å². The Morgan fingerprint density at radius 3 is 2.21 bits per heavy atom. The first-order valence-electron chi connectivity index (χ1n) is 7.35. The topological polar surface area (TPSA) is 63.7 Å². The van der Waals surface area contributed by atoms with Crippen LogP contribution in [0.15, 0.2) is 53.4 Å². The van der Waals surface area contributed by atoms with Gasteiger partial charge in [0.2, 0.25) is 0 Å². The normalized spacial score (nSPS) is 11.1. The van der Waals surface area contributed by atoms with E-state index >= 15 is 0 Å². The molecule has 0 aliphatic rings. The molecule has 2 aromatic rings. The lowest BCUT2D eigenvalue weighted by atomic mass is 10.2. The maximum Gasteiger partial charge on any atom is 0.326 e. The Bertz CT molecular complexity index is 801. The number of carbonyl (C=O) groups excluding carboxylic acids is 1. The van der Waals surface area contributed by atoms with Crippen LogP contribution < -0.4 is 4.31 Å². The van der Waals surface area contributed by atoms with Gasteiger partial charge in [-0.05, 0) is 50.2 Å². The van der Waals surface area contributed by atoms with Crippen LogP contribution in [0.2, 0.25) is 0 Å². The van der Waals surface area contributed by atoms with Gasteiger partial charge in [0.25, 0.3) is 10.0 Å². The summed E-state index contributed by atoms with van der Waals surface area (Å²) in [6.45, 7) is 3.12. The summed E-state index contributed by atoms with van der Waals surface area (Å²) in [4.78, 5) is 11.9. The van der Waals surface area contributed by atoms with Gasteiger partial charge in [0, 0.05) is 0 Å². The average molecular weight is 351 g/mol. The molecule has 0 heterocycles. The van der Waals surface area contributed by atoms with Crippen LogP contribution >= 0.6 is 0 Å². The summed E-state index contributed by atoms with van der Waals surface area (Å²) >= 11 is 0. The lowest BCUT2D eigenvalue weighted by Gasteiger charge is -2.23. The third kappa shape index (κ3) is 4.11. The van der Waals surface area contributed by atoms with Crippen molar-refractivity contribution in [1.82, 2.24) is 0 Å². The molecular formula is C17H18FNO4S. The highest BCUT2D eigenvalue weighted by Crippen LogP contribution is 2.24. The van der Waals surface area contributed by atoms with Crippen molar-refractivity contribution in [3.63, 3.8) is 0 Å². The average Bonchev–Trinajstić information content (AvgIpc) is 2.54. The van der Waals surface area contributed by atoms with Crippen molar-refractivity contribution >= 4 is 21.7 Å². The second kappa shape index (κ2) is 7.44. The zero-order valence-corrected chi connectivity index (χ0v) is 14.2. The molecule has 0 unspecified atom stereocenters. The van der Waals surface area contributed by atoms with Crippen LogP contribution in [0.5, 0.6) is 0 Å². The first-order valence-corrected chi connectivity index (χ1v) is 8.79. The van der Waals surface area contributed by atoms with Crippen LogP contribution in [0.25, 0.3) is 0 Å². The number of rotatable bonds is 6. The van der Waals surface area contributed by atoms with E-state index < -0.39 is 28.4 Å². The van der Waals surface area contributed by atoms with E-state index in [0.717, 1.165) is 22.0 Å². The van der Waals surface area contributed by atoms with Gasteiger partial charge >= 0.3 is 5.97 Å². The highest BCUT2D eigenvalue weighted by molar-refractivity contribution is 7.92. The van der Waals surface area contributed by atoms with Gasteiger partial charge in [0.05, 0.1) is 17.2 Å². The van der Waals surface area contributed by atoms with E-state index in [-0.39, 0.29) is 17.2 Å². The monoisotopic (exact) mass is 351 g/mol. The summed E-state index contributed by atoms with van der Waals surface area (Å²) in [7, 11) is -3.99. The van der Waals surface area contributed by atoms with Crippen LogP contribution in [0, 0.1) is 12.7 Å². The molecule has 0 atom stereocenters. The minimum absolute atomic E-state index is 0.0433. The van der Waals surface area contributed by atoms with E-state index in [1.54, 1.807) is 19.1 Å². The van der Waals surface area contributed by atoms with Crippen LogP contribution in [0.4, 0.5) is 10.1 Å². The van der Waals surface area contributed by atoms with Crippen molar-refractivity contribution in [2.45, 2.75) is 18.7 Å². The third-order valence-corrected chi connectivity index (χ3v) is 5.09. The van der Waals surface area contributed by atoms with E-state index in [1.807, 2.05) is 6.92 Å². The number of ether oxygens (including phenoxy) is 1. The minimum Gasteiger partial charge on any atom is -0.465 e. The van der Waals surface area contributed by atoms with Crippen molar-refractivity contribution < 1.29 is 22.3 Å². The molecule has 24 heavy (non-hydrogen) atoms. The maximum absolute atomic E-state index is 13.1. The minimum atomic E-state index is -3.99. The fourth-order valence-corrected chi connectivity index (χ4v) is 3.49. The summed E-state index contributed by atoms with van der Waals surface area (Å²) < 4.78 is 44.7. The summed E-state index contributed by atoms with van der Waals surface area (Å²) in [5.41, 5.74) is 1.10. The number of hydrogen-bond acceptors (Lipinski definition) is 4. The third-order valence-electron chi connectivity index (χ3n) is 3.30. The molecule has 7 heteroatoms. The largest absolute Gasteiger partial charge is 0.465 e. The molecule has 0 aliphatic carbocycles. The Hall–Kier alpha value is -2.41. The highest BCUT2D eigenvalue weighted by Gasteiger charge is 2.27. The number of anilines is 1. The Labute approximate surface area is 140 Å². The lowest BCUT2D eigenvalue weighted by molar-refractivity contribution is -0.141. The number of carbonyl (C=O) groups is 1. The molecule has 0 bridgehead atoms. The van der Waals surface area contributed by atoms with Crippen molar-refractivity contribution in [2.24, 2.45) is 0 Å². The standard InChI is InChI=1S/C17H18FNO4S/c1-3-23-17(20)12-19(15-8-6-14(18)7-9-15)24(21,22)16-10-4-13(2)5-11-16/h4-11H,3,12H2,1-2H3. The number of sulfonamides is 1. The second-order valence-corrected chi connectivity index (χ2v) is 6.97. The Morgan fingerprint density at radius 1 is 1.08 bits per heavy atom. The molecule has 0 saturated carbocycles. The van der Waals surface area contributed by atoms with Gasteiger partial charge in [-0.2, -0.15) is 0 Å². The summed E-state index contributed by atoms with van der Waals surface area (Å²) in [6.07, 6.45) is 0. The predicted molar refractivity (Wildman–Crippen MR) is 88.7 cm³/mol. The molecular weight excluding hydrogens is 333 g/mol. The van der Waals surface area contributed by atoms with Gasteiger partial charge in [-0.25, -0.2) is 12.8 Å². The Morgan fingerprint density at radius 2 is 1.67 bits per heavy atom. The molecule has 2 rings (SSSR count). The van der Waals surface area contributed by atoms with Crippen LogP contribution in [0.3, 0.4) is 0 Å². The molecule has 2 aromatic carbocycles. The zero-order valence-electron chi connectivity index (χ0n) is 13.4. The van der Waals surface area contributed by atoms with Gasteiger partial charge in [-0.3, -0.25) is 9.10 Å². The molecule has 5 nitrogen and oxygen atoms in total. The Balaban J connectivity index is 2.45. The van der Waals surface area contributed by atoms with Crippen LogP contribution in [-0.4, -0.2) is 27.5 Å². The van der Waals surface area contributed by atoms with Gasteiger partial charge in [-0.1, -0.05) is 17.7 Å². The molecule has 0 spiro atoms. The number of halogens is 1. The molecule has 0 aliphatic heterocycles. The number of nitrogens with zero attached hydrogens (tertiary/aromatic N) is 1. The van der Waals surface area contributed by atoms with E-state index in [0.29, 0.717) is 0 Å². The van der Waals surface area contributed by atoms with E-state index in [9.17, 15) is 17.6 Å². The van der Waals surface area contributed by atoms with E-state index in [4.69, 9.17) is 4.74 Å². The molecule has 0 fully saturated rings. The number of benzene rings is 2. The molecule has 0 N–H and O–H groups in total.